The average Bonchev–Trinajstić information content (AvgIpc) is 3.05. The summed E-state index contributed by atoms with van der Waals surface area (Å²) in [6, 6.07) is 20.4. The molecule has 2 aromatic heterocycles. The molecule has 0 bridgehead atoms. The van der Waals surface area contributed by atoms with Crippen LogP contribution in [0.25, 0.3) is 21.8 Å². The second-order valence-electron chi connectivity index (χ2n) is 4.48. The third-order valence-corrected chi connectivity index (χ3v) is 3.30. The topological polar surface area (TPSA) is 19.1 Å². The van der Waals surface area contributed by atoms with Crippen molar-refractivity contribution in [1.82, 2.24) is 9.46 Å². The van der Waals surface area contributed by atoms with Crippen molar-refractivity contribution in [1.29, 1.82) is 0 Å². The van der Waals surface area contributed by atoms with Crippen LogP contribution in [0, 0.1) is 0 Å². The first-order chi connectivity index (χ1) is 9.42. The number of hydrogen-bond acceptors (Lipinski definition) is 1. The first-order valence-corrected chi connectivity index (χ1v) is 6.23. The van der Waals surface area contributed by atoms with Gasteiger partial charge in [0, 0.05) is 23.2 Å². The van der Waals surface area contributed by atoms with Gasteiger partial charge in [0.2, 0.25) is 0 Å². The Kier molecular flexibility index (Phi) is 2.12. The van der Waals surface area contributed by atoms with Crippen molar-refractivity contribution in [3.8, 4) is 0 Å². The Balaban J connectivity index is 1.82. The molecule has 0 N–H and O–H groups in total. The van der Waals surface area contributed by atoms with Gasteiger partial charge in [-0.2, -0.15) is 9.46 Å². The molecule has 0 saturated heterocycles. The van der Waals surface area contributed by atoms with Gasteiger partial charge in [0.25, 0.3) is 0 Å². The van der Waals surface area contributed by atoms with E-state index in [1.807, 2.05) is 60.9 Å². The second kappa shape index (κ2) is 3.92. The monoisotopic (exact) mass is 248 g/mol. The number of benzene rings is 2. The highest BCUT2D eigenvalue weighted by molar-refractivity contribution is 5.80. The lowest BCUT2D eigenvalue weighted by atomic mass is 10.3. The fourth-order valence-corrected chi connectivity index (χ4v) is 2.35. The summed E-state index contributed by atoms with van der Waals surface area (Å²) < 4.78 is 3.56. The van der Waals surface area contributed by atoms with Gasteiger partial charge in [-0.15, -0.1) is 0 Å². The van der Waals surface area contributed by atoms with Crippen molar-refractivity contribution in [3.05, 3.63) is 73.1 Å². The van der Waals surface area contributed by atoms with Gasteiger partial charge >= 0.3 is 0 Å². The van der Waals surface area contributed by atoms with E-state index in [9.17, 15) is 0 Å². The van der Waals surface area contributed by atoms with Crippen molar-refractivity contribution >= 4 is 21.8 Å². The summed E-state index contributed by atoms with van der Waals surface area (Å²) in [6.07, 6.45) is 3.86. The predicted octanol–water partition coefficient (Wildman–Crippen LogP) is 3.49. The normalized spacial score (nSPS) is 11.2. The minimum Gasteiger partial charge on any atom is -0.282 e. The Morgan fingerprint density at radius 3 is 1.58 bits per heavy atom. The molecule has 0 atom stereocenters. The predicted molar refractivity (Wildman–Crippen MR) is 75.9 cm³/mol. The lowest BCUT2D eigenvalue weighted by molar-refractivity contribution is 0.0520. The molecule has 3 nitrogen and oxygen atoms in total. The smallest absolute Gasteiger partial charge is 0.0897 e. The molecule has 4 aromatic rings. The van der Waals surface area contributed by atoms with Crippen LogP contribution >= 0.6 is 0 Å². The van der Waals surface area contributed by atoms with Crippen LogP contribution in [-0.4, -0.2) is 9.46 Å². The van der Waals surface area contributed by atoms with Crippen molar-refractivity contribution in [2.45, 2.75) is 0 Å². The molecular formula is C16H12N2O. The SMILES string of the molecule is c1ccc2c(c1)ccn2On1ccc2ccccc21. The van der Waals surface area contributed by atoms with Crippen molar-refractivity contribution in [2.24, 2.45) is 0 Å². The lowest BCUT2D eigenvalue weighted by Gasteiger charge is -2.08. The molecule has 2 heterocycles. The number of para-hydroxylation sites is 2. The van der Waals surface area contributed by atoms with Crippen LogP contribution in [0.15, 0.2) is 73.1 Å². The fraction of sp³-hybridized carbons (Fsp3) is 0. The Hall–Kier alpha value is -2.68. The minimum absolute atomic E-state index is 1.06. The summed E-state index contributed by atoms with van der Waals surface area (Å²) >= 11 is 0. The summed E-state index contributed by atoms with van der Waals surface area (Å²) in [5, 5.41) is 2.33. The second-order valence-corrected chi connectivity index (χ2v) is 4.48. The standard InChI is InChI=1S/C16H12N2O/c1-3-7-15-13(5-1)9-11-17(15)19-18-12-10-14-6-2-4-8-16(14)18/h1-12H. The molecule has 0 radical (unpaired) electrons. The Bertz CT molecular complexity index is 785. The summed E-state index contributed by atoms with van der Waals surface area (Å²) in [6.45, 7) is 0. The van der Waals surface area contributed by atoms with Gasteiger partial charge in [0.1, 0.15) is 0 Å². The van der Waals surface area contributed by atoms with E-state index in [0.717, 1.165) is 11.0 Å². The zero-order valence-electron chi connectivity index (χ0n) is 10.2. The van der Waals surface area contributed by atoms with Gasteiger partial charge in [-0.3, -0.25) is 4.94 Å². The molecule has 19 heavy (non-hydrogen) atoms. The summed E-state index contributed by atoms with van der Waals surface area (Å²) in [5.74, 6) is 0. The number of fused-ring (bicyclic) bond motifs is 2. The van der Waals surface area contributed by atoms with E-state index in [-0.39, 0.29) is 0 Å². The largest absolute Gasteiger partial charge is 0.282 e. The molecule has 0 aliphatic heterocycles. The fourth-order valence-electron chi connectivity index (χ4n) is 2.35. The molecule has 0 fully saturated rings. The molecule has 0 aliphatic carbocycles. The van der Waals surface area contributed by atoms with E-state index in [0.29, 0.717) is 0 Å². The van der Waals surface area contributed by atoms with Crippen molar-refractivity contribution < 1.29 is 4.94 Å². The highest BCUT2D eigenvalue weighted by Gasteiger charge is 2.04. The number of hydrogen-bond donors (Lipinski definition) is 0. The summed E-state index contributed by atoms with van der Waals surface area (Å²) in [4.78, 5) is 5.92. The summed E-state index contributed by atoms with van der Waals surface area (Å²) in [5.41, 5.74) is 2.11. The van der Waals surface area contributed by atoms with E-state index in [4.69, 9.17) is 4.94 Å². The maximum Gasteiger partial charge on any atom is 0.0897 e. The number of aromatic nitrogens is 2. The molecule has 0 saturated carbocycles. The molecule has 0 amide bonds. The minimum atomic E-state index is 1.06. The van der Waals surface area contributed by atoms with Crippen LogP contribution in [0.4, 0.5) is 0 Å². The molecule has 3 heteroatoms. The maximum absolute atomic E-state index is 5.92. The first-order valence-electron chi connectivity index (χ1n) is 6.23. The molecule has 4 rings (SSSR count). The molecule has 0 spiro atoms. The third kappa shape index (κ3) is 1.59. The molecular weight excluding hydrogens is 236 g/mol. The van der Waals surface area contributed by atoms with E-state index in [1.54, 1.807) is 9.46 Å². The van der Waals surface area contributed by atoms with Crippen molar-refractivity contribution in [2.75, 3.05) is 0 Å². The van der Waals surface area contributed by atoms with E-state index >= 15 is 0 Å². The van der Waals surface area contributed by atoms with Crippen LogP contribution in [-0.2, 0) is 0 Å². The Morgan fingerprint density at radius 1 is 0.579 bits per heavy atom. The highest BCUT2D eigenvalue weighted by Crippen LogP contribution is 2.17. The maximum atomic E-state index is 5.92. The van der Waals surface area contributed by atoms with E-state index in [2.05, 4.69) is 12.1 Å². The van der Waals surface area contributed by atoms with Crippen LogP contribution < -0.4 is 4.94 Å². The van der Waals surface area contributed by atoms with Gasteiger partial charge in [0.15, 0.2) is 0 Å². The molecule has 0 unspecified atom stereocenters. The molecule has 92 valence electrons. The highest BCUT2D eigenvalue weighted by atomic mass is 16.8. The Labute approximate surface area is 110 Å². The van der Waals surface area contributed by atoms with Crippen LogP contribution in [0.5, 0.6) is 0 Å². The first kappa shape index (κ1) is 10.3. The van der Waals surface area contributed by atoms with Gasteiger partial charge in [0.05, 0.1) is 11.0 Å². The van der Waals surface area contributed by atoms with E-state index < -0.39 is 0 Å². The van der Waals surface area contributed by atoms with E-state index in [1.165, 1.54) is 10.8 Å². The zero-order valence-corrected chi connectivity index (χ0v) is 10.2. The average molecular weight is 248 g/mol. The van der Waals surface area contributed by atoms with Crippen LogP contribution in [0.3, 0.4) is 0 Å². The van der Waals surface area contributed by atoms with Crippen LogP contribution in [0.1, 0.15) is 0 Å². The number of nitrogens with zero attached hydrogens (tertiary/aromatic N) is 2. The Morgan fingerprint density at radius 2 is 1.05 bits per heavy atom. The van der Waals surface area contributed by atoms with Gasteiger partial charge in [-0.05, 0) is 24.3 Å². The zero-order chi connectivity index (χ0) is 12.7. The van der Waals surface area contributed by atoms with Gasteiger partial charge in [-0.1, -0.05) is 36.4 Å². The lowest BCUT2D eigenvalue weighted by Crippen LogP contribution is -2.15. The van der Waals surface area contributed by atoms with Gasteiger partial charge < -0.3 is 0 Å². The van der Waals surface area contributed by atoms with Crippen molar-refractivity contribution in [3.63, 3.8) is 0 Å². The van der Waals surface area contributed by atoms with Gasteiger partial charge in [-0.25, -0.2) is 0 Å². The number of rotatable bonds is 2. The molecule has 2 aromatic carbocycles. The van der Waals surface area contributed by atoms with Crippen LogP contribution in [0.2, 0.25) is 0 Å². The third-order valence-electron chi connectivity index (χ3n) is 3.30. The summed E-state index contributed by atoms with van der Waals surface area (Å²) in [7, 11) is 0. The molecule has 0 aliphatic rings. The quantitative estimate of drug-likeness (QED) is 0.531.